The van der Waals surface area contributed by atoms with E-state index in [2.05, 4.69) is 43.1 Å². The van der Waals surface area contributed by atoms with E-state index in [1.165, 1.54) is 37.7 Å². The number of hydrogen-bond acceptors (Lipinski definition) is 2. The molecule has 1 unspecified atom stereocenters. The Labute approximate surface area is 116 Å². The maximum Gasteiger partial charge on any atom is 0.119 e. The summed E-state index contributed by atoms with van der Waals surface area (Å²) in [5.41, 5.74) is 1.29. The Morgan fingerprint density at radius 2 is 1.95 bits per heavy atom. The van der Waals surface area contributed by atoms with Crippen molar-refractivity contribution in [3.63, 3.8) is 0 Å². The van der Waals surface area contributed by atoms with Gasteiger partial charge < -0.3 is 10.1 Å². The lowest BCUT2D eigenvalue weighted by Gasteiger charge is -2.23. The summed E-state index contributed by atoms with van der Waals surface area (Å²) in [7, 11) is 0. The van der Waals surface area contributed by atoms with Crippen LogP contribution in [0, 0.1) is 0 Å². The van der Waals surface area contributed by atoms with Crippen LogP contribution in [0.1, 0.15) is 50.6 Å². The molecule has 0 amide bonds. The van der Waals surface area contributed by atoms with Crippen LogP contribution in [0.25, 0.3) is 0 Å². The van der Waals surface area contributed by atoms with Crippen LogP contribution >= 0.6 is 0 Å². The van der Waals surface area contributed by atoms with E-state index in [0.717, 1.165) is 12.3 Å². The number of benzene rings is 1. The summed E-state index contributed by atoms with van der Waals surface area (Å²) in [6.07, 6.45) is 8.72. The predicted octanol–water partition coefficient (Wildman–Crippen LogP) is 4.23. The molecule has 1 aromatic carbocycles. The van der Waals surface area contributed by atoms with Crippen LogP contribution in [0.5, 0.6) is 5.75 Å². The first kappa shape index (κ1) is 14.1. The second kappa shape index (κ2) is 7.34. The molecular weight excluding hydrogens is 234 g/mol. The lowest BCUT2D eigenvalue weighted by atomic mass is 9.98. The van der Waals surface area contributed by atoms with E-state index in [-0.39, 0.29) is 0 Å². The second-order valence-electron chi connectivity index (χ2n) is 5.37. The Morgan fingerprint density at radius 1 is 1.26 bits per heavy atom. The van der Waals surface area contributed by atoms with Crippen molar-refractivity contribution in [2.24, 2.45) is 0 Å². The highest BCUT2D eigenvalue weighted by molar-refractivity contribution is 5.29. The molecule has 2 heteroatoms. The minimum Gasteiger partial charge on any atom is -0.490 e. The maximum absolute atomic E-state index is 6.03. The third-order valence-corrected chi connectivity index (χ3v) is 3.80. The zero-order valence-corrected chi connectivity index (χ0v) is 11.9. The second-order valence-corrected chi connectivity index (χ2v) is 5.37. The zero-order chi connectivity index (χ0) is 13.5. The highest BCUT2D eigenvalue weighted by atomic mass is 16.5. The molecule has 104 valence electrons. The topological polar surface area (TPSA) is 21.3 Å². The Hall–Kier alpha value is -1.28. The third-order valence-electron chi connectivity index (χ3n) is 3.80. The molecule has 1 atom stereocenters. The van der Waals surface area contributed by atoms with Crippen LogP contribution in [-0.4, -0.2) is 12.6 Å². The van der Waals surface area contributed by atoms with Gasteiger partial charge in [-0.05, 0) is 50.3 Å². The monoisotopic (exact) mass is 259 g/mol. The first-order chi connectivity index (χ1) is 9.29. The Bertz CT molecular complexity index is 379. The molecule has 2 rings (SSSR count). The van der Waals surface area contributed by atoms with Crippen molar-refractivity contribution in [2.45, 2.75) is 51.2 Å². The first-order valence-corrected chi connectivity index (χ1v) is 7.40. The number of rotatable bonds is 6. The molecule has 1 aliphatic rings. The van der Waals surface area contributed by atoms with Gasteiger partial charge in [-0.1, -0.05) is 24.6 Å². The van der Waals surface area contributed by atoms with Gasteiger partial charge in [0.2, 0.25) is 0 Å². The number of hydrogen-bond donors (Lipinski definition) is 1. The fourth-order valence-electron chi connectivity index (χ4n) is 2.59. The minimum atomic E-state index is 0.349. The quantitative estimate of drug-likeness (QED) is 0.772. The smallest absolute Gasteiger partial charge is 0.119 e. The van der Waals surface area contributed by atoms with Gasteiger partial charge in [0.05, 0.1) is 6.10 Å². The van der Waals surface area contributed by atoms with Crippen LogP contribution < -0.4 is 10.1 Å². The minimum absolute atomic E-state index is 0.349. The van der Waals surface area contributed by atoms with Crippen molar-refractivity contribution in [1.29, 1.82) is 0 Å². The van der Waals surface area contributed by atoms with Crippen LogP contribution in [-0.2, 0) is 0 Å². The molecule has 0 aromatic heterocycles. The van der Waals surface area contributed by atoms with E-state index in [0.29, 0.717) is 12.1 Å². The highest BCUT2D eigenvalue weighted by Crippen LogP contribution is 2.24. The summed E-state index contributed by atoms with van der Waals surface area (Å²) in [5, 5.41) is 3.39. The molecule has 1 aliphatic carbocycles. The average Bonchev–Trinajstić information content (AvgIpc) is 2.46. The van der Waals surface area contributed by atoms with Crippen molar-refractivity contribution in [2.75, 3.05) is 6.54 Å². The van der Waals surface area contributed by atoms with E-state index >= 15 is 0 Å². The Balaban J connectivity index is 1.88. The van der Waals surface area contributed by atoms with Crippen molar-refractivity contribution in [3.05, 3.63) is 42.5 Å². The van der Waals surface area contributed by atoms with E-state index in [4.69, 9.17) is 4.74 Å². The fourth-order valence-corrected chi connectivity index (χ4v) is 2.59. The van der Waals surface area contributed by atoms with Gasteiger partial charge in [-0.15, -0.1) is 6.58 Å². The number of ether oxygens (including phenoxy) is 1. The van der Waals surface area contributed by atoms with Gasteiger partial charge in [0, 0.05) is 12.6 Å². The lowest BCUT2D eigenvalue weighted by molar-refractivity contribution is 0.155. The van der Waals surface area contributed by atoms with Crippen molar-refractivity contribution < 1.29 is 4.74 Å². The van der Waals surface area contributed by atoms with E-state index in [1.807, 2.05) is 6.08 Å². The van der Waals surface area contributed by atoms with Crippen molar-refractivity contribution >= 4 is 0 Å². The highest BCUT2D eigenvalue weighted by Gasteiger charge is 2.14. The summed E-state index contributed by atoms with van der Waals surface area (Å²) in [6, 6.07) is 8.84. The molecule has 0 radical (unpaired) electrons. The predicted molar refractivity (Wildman–Crippen MR) is 80.6 cm³/mol. The van der Waals surface area contributed by atoms with Crippen LogP contribution in [0.3, 0.4) is 0 Å². The molecule has 1 saturated carbocycles. The largest absolute Gasteiger partial charge is 0.490 e. The van der Waals surface area contributed by atoms with E-state index in [9.17, 15) is 0 Å². The van der Waals surface area contributed by atoms with Gasteiger partial charge in [-0.3, -0.25) is 0 Å². The van der Waals surface area contributed by atoms with Gasteiger partial charge in [0.25, 0.3) is 0 Å². The van der Waals surface area contributed by atoms with Crippen LogP contribution in [0.15, 0.2) is 36.9 Å². The third kappa shape index (κ3) is 4.39. The van der Waals surface area contributed by atoms with Crippen LogP contribution in [0.4, 0.5) is 0 Å². The maximum atomic E-state index is 6.03. The molecule has 1 aromatic rings. The van der Waals surface area contributed by atoms with E-state index in [1.54, 1.807) is 0 Å². The molecule has 0 saturated heterocycles. The van der Waals surface area contributed by atoms with Gasteiger partial charge >= 0.3 is 0 Å². The average molecular weight is 259 g/mol. The first-order valence-electron chi connectivity index (χ1n) is 7.40. The molecule has 0 aliphatic heterocycles. The summed E-state index contributed by atoms with van der Waals surface area (Å²) in [5.74, 6) is 1.01. The molecule has 19 heavy (non-hydrogen) atoms. The van der Waals surface area contributed by atoms with Crippen molar-refractivity contribution in [1.82, 2.24) is 5.32 Å². The summed E-state index contributed by atoms with van der Waals surface area (Å²) in [4.78, 5) is 0. The molecule has 1 fully saturated rings. The summed E-state index contributed by atoms with van der Waals surface area (Å²) in [6.45, 7) is 6.72. The van der Waals surface area contributed by atoms with Gasteiger partial charge in [0.1, 0.15) is 5.75 Å². The summed E-state index contributed by atoms with van der Waals surface area (Å²) >= 11 is 0. The lowest BCUT2D eigenvalue weighted by Crippen LogP contribution is -2.20. The van der Waals surface area contributed by atoms with Gasteiger partial charge in [-0.25, -0.2) is 0 Å². The van der Waals surface area contributed by atoms with Crippen molar-refractivity contribution in [3.8, 4) is 5.75 Å². The fraction of sp³-hybridized carbons (Fsp3) is 0.529. The normalized spacial score (nSPS) is 17.9. The Morgan fingerprint density at radius 3 is 2.58 bits per heavy atom. The Kier molecular flexibility index (Phi) is 5.46. The molecule has 1 N–H and O–H groups in total. The molecular formula is C17H25NO. The van der Waals surface area contributed by atoms with Crippen LogP contribution in [0.2, 0.25) is 0 Å². The molecule has 0 bridgehead atoms. The van der Waals surface area contributed by atoms with Gasteiger partial charge in [-0.2, -0.15) is 0 Å². The molecule has 2 nitrogen and oxygen atoms in total. The standard InChI is InChI=1S/C17H25NO/c1-3-13-18-14(2)15-9-11-17(12-10-15)19-16-7-5-4-6-8-16/h3,9-12,14,16,18H,1,4-8,13H2,2H3. The zero-order valence-electron chi connectivity index (χ0n) is 11.9. The summed E-state index contributed by atoms with van der Waals surface area (Å²) < 4.78 is 6.03. The molecule has 0 spiro atoms. The SMILES string of the molecule is C=CCNC(C)c1ccc(OC2CCCCC2)cc1. The van der Waals surface area contributed by atoms with Gasteiger partial charge in [0.15, 0.2) is 0 Å². The van der Waals surface area contributed by atoms with E-state index < -0.39 is 0 Å². The number of nitrogens with one attached hydrogen (secondary N) is 1. The molecule has 0 heterocycles.